The van der Waals surface area contributed by atoms with E-state index in [0.29, 0.717) is 35.6 Å². The van der Waals surface area contributed by atoms with E-state index in [-0.39, 0.29) is 17.8 Å². The number of hydrogen-bond donors (Lipinski definition) is 3. The lowest BCUT2D eigenvalue weighted by molar-refractivity contribution is -0.140. The number of carbonyl (C=O) groups excluding carboxylic acids is 3. The standard InChI is InChI=1S/C33H38N4O4S/c1-23-14-9-11-16-27(23)36-31-28(37-33(40)26-22-42-29-17-12-10-15-25(26)29)20-24(21-35-31)32(39)34-19-13-7-5-3-4-6-8-18-30(38)41-2/h9-12,14-17,20-22H,3-8,13,18-19H2,1-2H3,(H,34,39)(H,35,36)(H,37,40). The van der Waals surface area contributed by atoms with Crippen LogP contribution in [0.1, 0.15) is 77.6 Å². The van der Waals surface area contributed by atoms with Crippen LogP contribution in [0.25, 0.3) is 10.1 Å². The first-order valence-electron chi connectivity index (χ1n) is 14.4. The van der Waals surface area contributed by atoms with Crippen molar-refractivity contribution in [3.8, 4) is 0 Å². The number of pyridine rings is 1. The summed E-state index contributed by atoms with van der Waals surface area (Å²) < 4.78 is 5.69. The minimum absolute atomic E-state index is 0.149. The summed E-state index contributed by atoms with van der Waals surface area (Å²) in [7, 11) is 1.42. The molecule has 9 heteroatoms. The monoisotopic (exact) mass is 586 g/mol. The summed E-state index contributed by atoms with van der Waals surface area (Å²) >= 11 is 1.52. The van der Waals surface area contributed by atoms with E-state index in [2.05, 4.69) is 25.7 Å². The van der Waals surface area contributed by atoms with E-state index in [1.54, 1.807) is 6.07 Å². The summed E-state index contributed by atoms with van der Waals surface area (Å²) in [6.45, 7) is 2.55. The molecular formula is C33H38N4O4S. The maximum Gasteiger partial charge on any atom is 0.305 e. The molecule has 220 valence electrons. The van der Waals surface area contributed by atoms with Gasteiger partial charge in [0.1, 0.15) is 0 Å². The van der Waals surface area contributed by atoms with Crippen molar-refractivity contribution in [2.24, 2.45) is 0 Å². The molecule has 2 amide bonds. The van der Waals surface area contributed by atoms with Crippen LogP contribution in [0.2, 0.25) is 0 Å². The van der Waals surface area contributed by atoms with Crippen LogP contribution in [0.4, 0.5) is 17.2 Å². The van der Waals surface area contributed by atoms with Crippen LogP contribution in [0.5, 0.6) is 0 Å². The summed E-state index contributed by atoms with van der Waals surface area (Å²) in [5, 5.41) is 12.0. The third-order valence-electron chi connectivity index (χ3n) is 7.09. The van der Waals surface area contributed by atoms with Gasteiger partial charge in [0.15, 0.2) is 5.82 Å². The van der Waals surface area contributed by atoms with E-state index in [4.69, 9.17) is 0 Å². The number of anilines is 3. The number of rotatable bonds is 15. The molecule has 0 unspecified atom stereocenters. The van der Waals surface area contributed by atoms with Gasteiger partial charge in [-0.1, -0.05) is 68.5 Å². The van der Waals surface area contributed by atoms with Crippen LogP contribution in [0.15, 0.2) is 66.2 Å². The molecule has 8 nitrogen and oxygen atoms in total. The maximum atomic E-state index is 13.4. The minimum atomic E-state index is -0.259. The van der Waals surface area contributed by atoms with Crippen molar-refractivity contribution in [2.45, 2.75) is 58.3 Å². The van der Waals surface area contributed by atoms with Crippen LogP contribution in [0.3, 0.4) is 0 Å². The third-order valence-corrected chi connectivity index (χ3v) is 8.06. The van der Waals surface area contributed by atoms with Gasteiger partial charge in [0.05, 0.1) is 23.9 Å². The fraction of sp³-hybridized carbons (Fsp3) is 0.333. The van der Waals surface area contributed by atoms with Crippen molar-refractivity contribution in [2.75, 3.05) is 24.3 Å². The minimum Gasteiger partial charge on any atom is -0.469 e. The molecule has 0 saturated heterocycles. The molecule has 4 rings (SSSR count). The maximum absolute atomic E-state index is 13.4. The summed E-state index contributed by atoms with van der Waals surface area (Å²) in [6.07, 6.45) is 9.08. The fourth-order valence-corrected chi connectivity index (χ4v) is 5.59. The molecule has 0 spiro atoms. The number of benzene rings is 2. The van der Waals surface area contributed by atoms with Crippen molar-refractivity contribution in [1.29, 1.82) is 0 Å². The highest BCUT2D eigenvalue weighted by molar-refractivity contribution is 7.17. The summed E-state index contributed by atoms with van der Waals surface area (Å²) in [4.78, 5) is 42.0. The number of hydrogen-bond acceptors (Lipinski definition) is 7. The van der Waals surface area contributed by atoms with E-state index in [1.807, 2.05) is 60.8 Å². The van der Waals surface area contributed by atoms with Crippen molar-refractivity contribution in [3.63, 3.8) is 0 Å². The van der Waals surface area contributed by atoms with Gasteiger partial charge in [0, 0.05) is 40.3 Å². The topological polar surface area (TPSA) is 109 Å². The Labute approximate surface area is 250 Å². The smallest absolute Gasteiger partial charge is 0.305 e. The number of carbonyl (C=O) groups is 3. The Bertz CT molecular complexity index is 1520. The van der Waals surface area contributed by atoms with Gasteiger partial charge in [-0.15, -0.1) is 11.3 Å². The molecule has 0 fully saturated rings. The number of thiophene rings is 1. The molecule has 3 N–H and O–H groups in total. The van der Waals surface area contributed by atoms with Crippen molar-refractivity contribution < 1.29 is 19.1 Å². The van der Waals surface area contributed by atoms with E-state index in [1.165, 1.54) is 24.6 Å². The lowest BCUT2D eigenvalue weighted by Crippen LogP contribution is -2.25. The molecular weight excluding hydrogens is 548 g/mol. The zero-order chi connectivity index (χ0) is 29.7. The van der Waals surface area contributed by atoms with E-state index < -0.39 is 0 Å². The number of aryl methyl sites for hydroxylation is 1. The third kappa shape index (κ3) is 8.63. The number of methoxy groups -OCH3 is 1. The van der Waals surface area contributed by atoms with Crippen LogP contribution >= 0.6 is 11.3 Å². The number of aromatic nitrogens is 1. The van der Waals surface area contributed by atoms with Gasteiger partial charge in [-0.25, -0.2) is 4.98 Å². The van der Waals surface area contributed by atoms with E-state index >= 15 is 0 Å². The van der Waals surface area contributed by atoms with Crippen LogP contribution < -0.4 is 16.0 Å². The first-order chi connectivity index (χ1) is 20.5. The van der Waals surface area contributed by atoms with Crippen LogP contribution in [-0.4, -0.2) is 36.4 Å². The summed E-state index contributed by atoms with van der Waals surface area (Å²) in [6, 6.07) is 17.3. The van der Waals surface area contributed by atoms with Crippen molar-refractivity contribution in [3.05, 3.63) is 82.9 Å². The molecule has 2 aromatic carbocycles. The van der Waals surface area contributed by atoms with E-state index in [0.717, 1.165) is 66.3 Å². The molecule has 0 bridgehead atoms. The van der Waals surface area contributed by atoms with Crippen molar-refractivity contribution >= 4 is 56.4 Å². The number of ether oxygens (including phenoxy) is 1. The number of fused-ring (bicyclic) bond motifs is 1. The van der Waals surface area contributed by atoms with Gasteiger partial charge in [0.25, 0.3) is 11.8 Å². The van der Waals surface area contributed by atoms with Crippen LogP contribution in [-0.2, 0) is 9.53 Å². The molecule has 2 aromatic heterocycles. The Balaban J connectivity index is 1.35. The number of amides is 2. The predicted molar refractivity (Wildman–Crippen MR) is 170 cm³/mol. The van der Waals surface area contributed by atoms with Gasteiger partial charge in [-0.3, -0.25) is 14.4 Å². The van der Waals surface area contributed by atoms with Gasteiger partial charge in [0.2, 0.25) is 0 Å². The molecule has 2 heterocycles. The quantitative estimate of drug-likeness (QED) is 0.0976. The van der Waals surface area contributed by atoms with Crippen LogP contribution in [0, 0.1) is 6.92 Å². The fourth-order valence-electron chi connectivity index (χ4n) is 4.65. The zero-order valence-corrected chi connectivity index (χ0v) is 25.0. The highest BCUT2D eigenvalue weighted by Crippen LogP contribution is 2.29. The first-order valence-corrected chi connectivity index (χ1v) is 15.3. The predicted octanol–water partition coefficient (Wildman–Crippen LogP) is 7.62. The molecule has 42 heavy (non-hydrogen) atoms. The van der Waals surface area contributed by atoms with Crippen molar-refractivity contribution in [1.82, 2.24) is 10.3 Å². The molecule has 0 saturated carbocycles. The summed E-state index contributed by atoms with van der Waals surface area (Å²) in [5.41, 5.74) is 3.28. The Hall–Kier alpha value is -4.24. The number of unbranched alkanes of at least 4 members (excludes halogenated alkanes) is 6. The van der Waals surface area contributed by atoms with Gasteiger partial charge < -0.3 is 20.7 Å². The van der Waals surface area contributed by atoms with Gasteiger partial charge in [-0.05, 0) is 43.5 Å². The molecule has 0 aliphatic carbocycles. The second-order valence-electron chi connectivity index (χ2n) is 10.2. The molecule has 0 aliphatic rings. The molecule has 0 aliphatic heterocycles. The number of nitrogens with one attached hydrogen (secondary N) is 3. The SMILES string of the molecule is COC(=O)CCCCCCCCCNC(=O)c1cnc(Nc2ccccc2C)c(NC(=O)c2csc3ccccc23)c1. The second-order valence-corrected chi connectivity index (χ2v) is 11.1. The van der Waals surface area contributed by atoms with E-state index in [9.17, 15) is 14.4 Å². The Morgan fingerprint density at radius 3 is 2.36 bits per heavy atom. The van der Waals surface area contributed by atoms with Gasteiger partial charge in [-0.2, -0.15) is 0 Å². The first kappa shape index (κ1) is 30.7. The lowest BCUT2D eigenvalue weighted by Gasteiger charge is -2.15. The Kier molecular flexibility index (Phi) is 11.5. The number of para-hydroxylation sites is 1. The summed E-state index contributed by atoms with van der Waals surface area (Å²) in [5.74, 6) is -0.182. The number of nitrogens with zero attached hydrogens (tertiary/aromatic N) is 1. The second kappa shape index (κ2) is 15.7. The highest BCUT2D eigenvalue weighted by Gasteiger charge is 2.17. The number of esters is 1. The normalized spacial score (nSPS) is 10.8. The largest absolute Gasteiger partial charge is 0.469 e. The lowest BCUT2D eigenvalue weighted by atomic mass is 10.1. The Morgan fingerprint density at radius 1 is 0.857 bits per heavy atom. The molecule has 0 radical (unpaired) electrons. The van der Waals surface area contributed by atoms with Gasteiger partial charge >= 0.3 is 5.97 Å². The highest BCUT2D eigenvalue weighted by atomic mass is 32.1. The average Bonchev–Trinajstić information content (AvgIpc) is 3.44. The average molecular weight is 587 g/mol. The Morgan fingerprint density at radius 2 is 1.57 bits per heavy atom. The molecule has 4 aromatic rings. The molecule has 0 atom stereocenters. The zero-order valence-electron chi connectivity index (χ0n) is 24.2.